The third-order valence-corrected chi connectivity index (χ3v) is 3.85. The number of benzene rings is 1. The van der Waals surface area contributed by atoms with Crippen LogP contribution in [0, 0.1) is 0 Å². The van der Waals surface area contributed by atoms with Gasteiger partial charge in [-0.3, -0.25) is 9.59 Å². The van der Waals surface area contributed by atoms with Crippen LogP contribution in [-0.2, 0) is 16.1 Å². The molecule has 0 aliphatic heterocycles. The summed E-state index contributed by atoms with van der Waals surface area (Å²) in [5.41, 5.74) is 1.07. The van der Waals surface area contributed by atoms with Crippen LogP contribution in [0.1, 0.15) is 15.9 Å². The van der Waals surface area contributed by atoms with Crippen LogP contribution >= 0.6 is 15.9 Å². The Bertz CT molecular complexity index is 735. The second kappa shape index (κ2) is 8.57. The van der Waals surface area contributed by atoms with Crippen LogP contribution in [0.15, 0.2) is 39.6 Å². The van der Waals surface area contributed by atoms with Gasteiger partial charge in [0, 0.05) is 18.7 Å². The smallest absolute Gasteiger partial charge is 0.325 e. The molecule has 2 rings (SSSR count). The van der Waals surface area contributed by atoms with E-state index in [9.17, 15) is 9.59 Å². The molecule has 2 aromatic rings. The van der Waals surface area contributed by atoms with Crippen LogP contribution in [0.25, 0.3) is 0 Å². The van der Waals surface area contributed by atoms with Gasteiger partial charge >= 0.3 is 5.97 Å². The lowest BCUT2D eigenvalue weighted by atomic mass is 10.1. The number of methoxy groups -OCH3 is 3. The van der Waals surface area contributed by atoms with Gasteiger partial charge in [-0.25, -0.2) is 0 Å². The minimum Gasteiger partial charge on any atom is -0.497 e. The molecule has 0 fully saturated rings. The number of halogens is 1. The Hall–Kier alpha value is -2.48. The second-order valence-corrected chi connectivity index (χ2v) is 5.88. The highest BCUT2D eigenvalue weighted by Gasteiger charge is 2.22. The van der Waals surface area contributed by atoms with Crippen molar-refractivity contribution in [3.8, 4) is 11.5 Å². The first-order valence-electron chi connectivity index (χ1n) is 7.29. The highest BCUT2D eigenvalue weighted by atomic mass is 79.9. The quantitative estimate of drug-likeness (QED) is 0.651. The Morgan fingerprint density at radius 2 is 1.72 bits per heavy atom. The highest BCUT2D eigenvalue weighted by Crippen LogP contribution is 2.24. The van der Waals surface area contributed by atoms with Crippen molar-refractivity contribution in [1.29, 1.82) is 0 Å². The summed E-state index contributed by atoms with van der Waals surface area (Å²) >= 11 is 3.16. The number of amides is 1. The lowest BCUT2D eigenvalue weighted by Crippen LogP contribution is -2.35. The Balaban J connectivity index is 2.29. The molecule has 0 aliphatic rings. The molecule has 1 heterocycles. The normalized spacial score (nSPS) is 10.2. The van der Waals surface area contributed by atoms with Crippen LogP contribution in [-0.4, -0.2) is 44.7 Å². The van der Waals surface area contributed by atoms with Crippen molar-refractivity contribution < 1.29 is 28.2 Å². The predicted molar refractivity (Wildman–Crippen MR) is 92.7 cm³/mol. The van der Waals surface area contributed by atoms with Gasteiger partial charge in [0.2, 0.25) is 0 Å². The van der Waals surface area contributed by atoms with Gasteiger partial charge in [-0.1, -0.05) is 0 Å². The zero-order chi connectivity index (χ0) is 18.4. The van der Waals surface area contributed by atoms with Crippen molar-refractivity contribution in [3.05, 3.63) is 46.3 Å². The molecule has 0 spiro atoms. The van der Waals surface area contributed by atoms with Crippen LogP contribution in [0.3, 0.4) is 0 Å². The van der Waals surface area contributed by atoms with Gasteiger partial charge < -0.3 is 23.5 Å². The predicted octanol–water partition coefficient (Wildman–Crippen LogP) is 2.87. The largest absolute Gasteiger partial charge is 0.497 e. The maximum Gasteiger partial charge on any atom is 0.325 e. The summed E-state index contributed by atoms with van der Waals surface area (Å²) in [4.78, 5) is 25.8. The SMILES string of the molecule is COC(=O)CN(Cc1cc(OC)cc(OC)c1)C(=O)c1coc(Br)c1. The summed E-state index contributed by atoms with van der Waals surface area (Å²) in [6, 6.07) is 6.80. The van der Waals surface area contributed by atoms with Gasteiger partial charge in [0.25, 0.3) is 5.91 Å². The van der Waals surface area contributed by atoms with E-state index in [2.05, 4.69) is 20.7 Å². The average Bonchev–Trinajstić information content (AvgIpc) is 3.06. The van der Waals surface area contributed by atoms with Crippen LogP contribution < -0.4 is 9.47 Å². The number of esters is 1. The number of ether oxygens (including phenoxy) is 3. The second-order valence-electron chi connectivity index (χ2n) is 5.10. The molecule has 0 N–H and O–H groups in total. The van der Waals surface area contributed by atoms with E-state index in [1.807, 2.05) is 0 Å². The Labute approximate surface area is 153 Å². The minimum atomic E-state index is -0.522. The standard InChI is InChI=1S/C17H18BrNO6/c1-22-13-4-11(5-14(7-13)23-2)8-19(9-16(20)24-3)17(21)12-6-15(18)25-10-12/h4-7,10H,8-9H2,1-3H3. The molecule has 0 saturated carbocycles. The van der Waals surface area contributed by atoms with E-state index in [0.717, 1.165) is 5.56 Å². The van der Waals surface area contributed by atoms with E-state index in [-0.39, 0.29) is 19.0 Å². The Morgan fingerprint density at radius 1 is 1.08 bits per heavy atom. The fourth-order valence-corrected chi connectivity index (χ4v) is 2.54. The summed E-state index contributed by atoms with van der Waals surface area (Å²) < 4.78 is 20.7. The third kappa shape index (κ3) is 4.99. The molecule has 25 heavy (non-hydrogen) atoms. The molecule has 7 nitrogen and oxygen atoms in total. The van der Waals surface area contributed by atoms with Crippen molar-refractivity contribution in [2.75, 3.05) is 27.9 Å². The fraction of sp³-hybridized carbons (Fsp3) is 0.294. The zero-order valence-electron chi connectivity index (χ0n) is 14.1. The first-order valence-corrected chi connectivity index (χ1v) is 8.08. The molecule has 0 saturated heterocycles. The van der Waals surface area contributed by atoms with Gasteiger partial charge in [0.15, 0.2) is 4.67 Å². The molecule has 0 radical (unpaired) electrons. The van der Waals surface area contributed by atoms with Crippen LogP contribution in [0.5, 0.6) is 11.5 Å². The van der Waals surface area contributed by atoms with Gasteiger partial charge in [-0.15, -0.1) is 0 Å². The van der Waals surface area contributed by atoms with Crippen LogP contribution in [0.4, 0.5) is 0 Å². The van der Waals surface area contributed by atoms with E-state index < -0.39 is 5.97 Å². The summed E-state index contributed by atoms with van der Waals surface area (Å²) in [5.74, 6) is 0.296. The molecule has 0 bridgehead atoms. The lowest BCUT2D eigenvalue weighted by Gasteiger charge is -2.21. The number of nitrogens with zero attached hydrogens (tertiary/aromatic N) is 1. The van der Waals surface area contributed by atoms with Crippen molar-refractivity contribution in [2.45, 2.75) is 6.54 Å². The third-order valence-electron chi connectivity index (χ3n) is 3.43. The molecule has 0 aliphatic carbocycles. The van der Waals surface area contributed by atoms with Crippen molar-refractivity contribution in [1.82, 2.24) is 4.90 Å². The zero-order valence-corrected chi connectivity index (χ0v) is 15.7. The molecular weight excluding hydrogens is 394 g/mol. The number of carbonyl (C=O) groups excluding carboxylic acids is 2. The Kier molecular flexibility index (Phi) is 6.46. The molecule has 0 atom stereocenters. The van der Waals surface area contributed by atoms with E-state index in [1.165, 1.54) is 18.3 Å². The first-order chi connectivity index (χ1) is 12.0. The van der Waals surface area contributed by atoms with Gasteiger partial charge in [0.1, 0.15) is 24.3 Å². The molecule has 134 valence electrons. The van der Waals surface area contributed by atoms with Crippen molar-refractivity contribution >= 4 is 27.8 Å². The lowest BCUT2D eigenvalue weighted by molar-refractivity contribution is -0.141. The van der Waals surface area contributed by atoms with Crippen molar-refractivity contribution in [2.24, 2.45) is 0 Å². The summed E-state index contributed by atoms with van der Waals surface area (Å²) in [6.07, 6.45) is 1.32. The summed E-state index contributed by atoms with van der Waals surface area (Å²) in [5, 5.41) is 0. The number of carbonyl (C=O) groups is 2. The average molecular weight is 412 g/mol. The maximum atomic E-state index is 12.7. The van der Waals surface area contributed by atoms with E-state index >= 15 is 0 Å². The fourth-order valence-electron chi connectivity index (χ4n) is 2.20. The number of furan rings is 1. The minimum absolute atomic E-state index is 0.171. The first kappa shape index (κ1) is 18.9. The van der Waals surface area contributed by atoms with E-state index in [4.69, 9.17) is 13.9 Å². The van der Waals surface area contributed by atoms with Gasteiger partial charge in [-0.05, 0) is 33.6 Å². The summed E-state index contributed by atoms with van der Waals surface area (Å²) in [6.45, 7) is -0.0258. The van der Waals surface area contributed by atoms with Gasteiger partial charge in [-0.2, -0.15) is 0 Å². The highest BCUT2D eigenvalue weighted by molar-refractivity contribution is 9.10. The topological polar surface area (TPSA) is 78.2 Å². The number of rotatable bonds is 7. The molecule has 1 amide bonds. The molecule has 8 heteroatoms. The number of hydrogen-bond acceptors (Lipinski definition) is 6. The molecule has 1 aromatic heterocycles. The monoisotopic (exact) mass is 411 g/mol. The molecule has 1 aromatic carbocycles. The number of hydrogen-bond donors (Lipinski definition) is 0. The maximum absolute atomic E-state index is 12.7. The molecular formula is C17H18BrNO6. The molecule has 0 unspecified atom stereocenters. The van der Waals surface area contributed by atoms with Gasteiger partial charge in [0.05, 0.1) is 26.9 Å². The Morgan fingerprint density at radius 3 is 2.20 bits per heavy atom. The van der Waals surface area contributed by atoms with Crippen molar-refractivity contribution in [3.63, 3.8) is 0 Å². The van der Waals surface area contributed by atoms with E-state index in [1.54, 1.807) is 38.5 Å². The summed E-state index contributed by atoms with van der Waals surface area (Å²) in [7, 11) is 4.35. The van der Waals surface area contributed by atoms with Crippen LogP contribution in [0.2, 0.25) is 0 Å². The van der Waals surface area contributed by atoms with E-state index in [0.29, 0.717) is 21.7 Å².